The lowest BCUT2D eigenvalue weighted by Gasteiger charge is -2.23. The second-order valence-corrected chi connectivity index (χ2v) is 8.12. The molecule has 2 aromatic carbocycles. The van der Waals surface area contributed by atoms with Crippen molar-refractivity contribution in [2.45, 2.75) is 6.92 Å². The van der Waals surface area contributed by atoms with Gasteiger partial charge < -0.3 is 10.2 Å². The summed E-state index contributed by atoms with van der Waals surface area (Å²) in [5.41, 5.74) is 2.48. The maximum absolute atomic E-state index is 12.2. The first-order valence-electron chi connectivity index (χ1n) is 8.34. The average Bonchev–Trinajstić information content (AvgIpc) is 2.59. The van der Waals surface area contributed by atoms with Gasteiger partial charge >= 0.3 is 0 Å². The van der Waals surface area contributed by atoms with Crippen LogP contribution in [0.4, 0.5) is 11.4 Å². The SMILES string of the molecule is Cc1cccc(N(CC(=O)NCCN(C)c2ccccc2)S(C)(=O)=O)c1. The van der Waals surface area contributed by atoms with Gasteiger partial charge in [-0.05, 0) is 36.8 Å². The van der Waals surface area contributed by atoms with E-state index in [2.05, 4.69) is 5.32 Å². The Morgan fingerprint density at radius 2 is 1.69 bits per heavy atom. The van der Waals surface area contributed by atoms with E-state index in [1.54, 1.807) is 18.2 Å². The van der Waals surface area contributed by atoms with Crippen LogP contribution in [-0.2, 0) is 14.8 Å². The lowest BCUT2D eigenvalue weighted by atomic mass is 10.2. The van der Waals surface area contributed by atoms with Crippen molar-refractivity contribution in [3.63, 3.8) is 0 Å². The van der Waals surface area contributed by atoms with Gasteiger partial charge in [-0.2, -0.15) is 0 Å². The van der Waals surface area contributed by atoms with Gasteiger partial charge in [-0.15, -0.1) is 0 Å². The monoisotopic (exact) mass is 375 g/mol. The molecule has 0 spiro atoms. The maximum Gasteiger partial charge on any atom is 0.240 e. The van der Waals surface area contributed by atoms with Gasteiger partial charge in [-0.1, -0.05) is 30.3 Å². The van der Waals surface area contributed by atoms with Crippen molar-refractivity contribution in [1.82, 2.24) is 5.32 Å². The second-order valence-electron chi connectivity index (χ2n) is 6.22. The molecule has 0 bridgehead atoms. The molecule has 0 aromatic heterocycles. The Morgan fingerprint density at radius 1 is 1.04 bits per heavy atom. The van der Waals surface area contributed by atoms with Gasteiger partial charge in [0.15, 0.2) is 0 Å². The van der Waals surface area contributed by atoms with E-state index in [1.807, 2.05) is 55.3 Å². The smallest absolute Gasteiger partial charge is 0.240 e. The Bertz CT molecular complexity index is 838. The third kappa shape index (κ3) is 5.77. The van der Waals surface area contributed by atoms with Crippen molar-refractivity contribution in [3.05, 3.63) is 60.2 Å². The summed E-state index contributed by atoms with van der Waals surface area (Å²) in [6.07, 6.45) is 1.10. The van der Waals surface area contributed by atoms with Crippen LogP contribution in [0.2, 0.25) is 0 Å². The number of hydrogen-bond acceptors (Lipinski definition) is 4. The molecule has 140 valence electrons. The molecule has 6 nitrogen and oxygen atoms in total. The standard InChI is InChI=1S/C19H25N3O3S/c1-16-8-7-11-18(14-16)22(26(3,24)25)15-19(23)20-12-13-21(2)17-9-5-4-6-10-17/h4-11,14H,12-13,15H2,1-3H3,(H,20,23). The van der Waals surface area contributed by atoms with E-state index in [4.69, 9.17) is 0 Å². The normalized spacial score (nSPS) is 11.0. The zero-order chi connectivity index (χ0) is 19.2. The van der Waals surface area contributed by atoms with Crippen molar-refractivity contribution in [2.24, 2.45) is 0 Å². The molecule has 0 aliphatic carbocycles. The highest BCUT2D eigenvalue weighted by atomic mass is 32.2. The van der Waals surface area contributed by atoms with Crippen LogP contribution in [0.3, 0.4) is 0 Å². The zero-order valence-corrected chi connectivity index (χ0v) is 16.2. The topological polar surface area (TPSA) is 69.7 Å². The molecule has 2 rings (SSSR count). The lowest BCUT2D eigenvalue weighted by Crippen LogP contribution is -2.42. The minimum Gasteiger partial charge on any atom is -0.373 e. The predicted octanol–water partition coefficient (Wildman–Crippen LogP) is 2.01. The largest absolute Gasteiger partial charge is 0.373 e. The predicted molar refractivity (Wildman–Crippen MR) is 106 cm³/mol. The molecule has 0 heterocycles. The van der Waals surface area contributed by atoms with Crippen molar-refractivity contribution in [3.8, 4) is 0 Å². The molecule has 1 amide bonds. The number of rotatable bonds is 8. The van der Waals surface area contributed by atoms with E-state index in [1.165, 1.54) is 0 Å². The van der Waals surface area contributed by atoms with Crippen LogP contribution in [0.1, 0.15) is 5.56 Å². The summed E-state index contributed by atoms with van der Waals surface area (Å²) in [4.78, 5) is 14.3. The van der Waals surface area contributed by atoms with Gasteiger partial charge in [-0.3, -0.25) is 9.10 Å². The summed E-state index contributed by atoms with van der Waals surface area (Å²) in [6.45, 7) is 2.69. The third-order valence-corrected chi connectivity index (χ3v) is 5.08. The molecular formula is C19H25N3O3S. The van der Waals surface area contributed by atoms with Crippen LogP contribution in [0.15, 0.2) is 54.6 Å². The van der Waals surface area contributed by atoms with Crippen molar-refractivity contribution >= 4 is 27.3 Å². The fraction of sp³-hybridized carbons (Fsp3) is 0.316. The van der Waals surface area contributed by atoms with Crippen LogP contribution in [0, 0.1) is 6.92 Å². The minimum absolute atomic E-state index is 0.239. The van der Waals surface area contributed by atoms with Gasteiger partial charge in [0.2, 0.25) is 15.9 Å². The number of benzene rings is 2. The molecule has 7 heteroatoms. The second kappa shape index (κ2) is 8.71. The van der Waals surface area contributed by atoms with E-state index >= 15 is 0 Å². The first-order chi connectivity index (χ1) is 12.3. The number of sulfonamides is 1. The van der Waals surface area contributed by atoms with Crippen LogP contribution >= 0.6 is 0 Å². The summed E-state index contributed by atoms with van der Waals surface area (Å²) in [7, 11) is -1.61. The number of carbonyl (C=O) groups excluding carboxylic acids is 1. The van der Waals surface area contributed by atoms with E-state index in [-0.39, 0.29) is 12.5 Å². The van der Waals surface area contributed by atoms with E-state index < -0.39 is 10.0 Å². The number of carbonyl (C=O) groups is 1. The molecule has 0 aliphatic heterocycles. The van der Waals surface area contributed by atoms with E-state index in [0.717, 1.165) is 21.8 Å². The molecule has 0 saturated carbocycles. The van der Waals surface area contributed by atoms with E-state index in [0.29, 0.717) is 18.8 Å². The zero-order valence-electron chi connectivity index (χ0n) is 15.3. The van der Waals surface area contributed by atoms with Crippen LogP contribution in [0.5, 0.6) is 0 Å². The first kappa shape index (κ1) is 19.8. The minimum atomic E-state index is -3.55. The Balaban J connectivity index is 1.94. The molecular weight excluding hydrogens is 350 g/mol. The molecule has 0 aliphatic rings. The fourth-order valence-corrected chi connectivity index (χ4v) is 3.39. The number of likely N-dealkylation sites (N-methyl/N-ethyl adjacent to an activating group) is 1. The molecule has 1 N–H and O–H groups in total. The average molecular weight is 375 g/mol. The highest BCUT2D eigenvalue weighted by Crippen LogP contribution is 2.18. The number of nitrogens with zero attached hydrogens (tertiary/aromatic N) is 2. The summed E-state index contributed by atoms with van der Waals surface area (Å²) >= 11 is 0. The summed E-state index contributed by atoms with van der Waals surface area (Å²) in [5.74, 6) is -0.335. The van der Waals surface area contributed by atoms with Crippen LogP contribution in [-0.4, -0.2) is 47.3 Å². The number of amides is 1. The Morgan fingerprint density at radius 3 is 2.31 bits per heavy atom. The van der Waals surface area contributed by atoms with E-state index in [9.17, 15) is 13.2 Å². The van der Waals surface area contributed by atoms with Crippen LogP contribution < -0.4 is 14.5 Å². The Labute approximate surface area is 155 Å². The van der Waals surface area contributed by atoms with Crippen LogP contribution in [0.25, 0.3) is 0 Å². The van der Waals surface area contributed by atoms with Crippen molar-refractivity contribution in [1.29, 1.82) is 0 Å². The summed E-state index contributed by atoms with van der Waals surface area (Å²) < 4.78 is 25.3. The number of anilines is 2. The molecule has 0 unspecified atom stereocenters. The van der Waals surface area contributed by atoms with Gasteiger partial charge in [0, 0.05) is 25.8 Å². The highest BCUT2D eigenvalue weighted by Gasteiger charge is 2.20. The summed E-state index contributed by atoms with van der Waals surface area (Å²) in [6, 6.07) is 16.9. The van der Waals surface area contributed by atoms with Gasteiger partial charge in [0.1, 0.15) is 6.54 Å². The highest BCUT2D eigenvalue weighted by molar-refractivity contribution is 7.92. The quantitative estimate of drug-likeness (QED) is 0.766. The molecule has 0 fully saturated rings. The molecule has 26 heavy (non-hydrogen) atoms. The number of hydrogen-bond donors (Lipinski definition) is 1. The number of aryl methyl sites for hydroxylation is 1. The van der Waals surface area contributed by atoms with Crippen molar-refractivity contribution < 1.29 is 13.2 Å². The molecule has 0 radical (unpaired) electrons. The third-order valence-electron chi connectivity index (χ3n) is 3.94. The maximum atomic E-state index is 12.2. The van der Waals surface area contributed by atoms with Gasteiger partial charge in [0.05, 0.1) is 11.9 Å². The lowest BCUT2D eigenvalue weighted by molar-refractivity contribution is -0.119. The number of nitrogens with one attached hydrogen (secondary N) is 1. The van der Waals surface area contributed by atoms with Gasteiger partial charge in [-0.25, -0.2) is 8.42 Å². The van der Waals surface area contributed by atoms with Crippen molar-refractivity contribution in [2.75, 3.05) is 42.1 Å². The fourth-order valence-electron chi connectivity index (χ4n) is 2.54. The molecule has 0 saturated heterocycles. The molecule has 2 aromatic rings. The van der Waals surface area contributed by atoms with Gasteiger partial charge in [0.25, 0.3) is 0 Å². The summed E-state index contributed by atoms with van der Waals surface area (Å²) in [5, 5.41) is 2.78. The first-order valence-corrected chi connectivity index (χ1v) is 10.2. The Hall–Kier alpha value is -2.54. The Kier molecular flexibility index (Phi) is 6.63. The number of para-hydroxylation sites is 1. The molecule has 0 atom stereocenters.